The van der Waals surface area contributed by atoms with E-state index < -0.39 is 12.3 Å². The van der Waals surface area contributed by atoms with Gasteiger partial charge in [0.2, 0.25) is 0 Å². The lowest BCUT2D eigenvalue weighted by molar-refractivity contribution is 0.0972. The van der Waals surface area contributed by atoms with Gasteiger partial charge in [0.05, 0.1) is 13.2 Å². The lowest BCUT2D eigenvalue weighted by Gasteiger charge is -2.22. The van der Waals surface area contributed by atoms with Gasteiger partial charge in [0.15, 0.2) is 0 Å². The van der Waals surface area contributed by atoms with E-state index in [1.54, 1.807) is 0 Å². The Labute approximate surface area is 319 Å². The second-order valence-electron chi connectivity index (χ2n) is 14.8. The van der Waals surface area contributed by atoms with Crippen LogP contribution in [0.3, 0.4) is 0 Å². The van der Waals surface area contributed by atoms with Crippen LogP contribution < -0.4 is 9.47 Å². The Balaban J connectivity index is 1.53. The number of benzene rings is 6. The second-order valence-corrected chi connectivity index (χ2v) is 14.8. The molecule has 54 heavy (non-hydrogen) atoms. The van der Waals surface area contributed by atoms with Crippen LogP contribution in [0.25, 0.3) is 54.2 Å². The van der Waals surface area contributed by atoms with Crippen molar-refractivity contribution in [2.24, 2.45) is 0 Å². The van der Waals surface area contributed by atoms with Crippen molar-refractivity contribution in [1.29, 1.82) is 0 Å². The van der Waals surface area contributed by atoms with Crippen LogP contribution in [0.15, 0.2) is 72.8 Å². The number of hydrogen-bond donors (Lipinski definition) is 0. The fraction of sp³-hybridized carbons (Fsp3) is 0.375. The molecule has 0 aliphatic carbocycles. The van der Waals surface area contributed by atoms with Crippen molar-refractivity contribution in [3.8, 4) is 22.6 Å². The molecule has 0 heterocycles. The molecule has 0 spiro atoms. The van der Waals surface area contributed by atoms with Crippen molar-refractivity contribution in [2.45, 2.75) is 106 Å². The van der Waals surface area contributed by atoms with Gasteiger partial charge in [-0.25, -0.2) is 9.59 Å². The Kier molecular flexibility index (Phi) is 12.7. The van der Waals surface area contributed by atoms with Crippen molar-refractivity contribution in [2.75, 3.05) is 13.2 Å². The number of carbonyl (C=O) groups is 2. The third-order valence-corrected chi connectivity index (χ3v) is 10.3. The maximum atomic E-state index is 13.3. The molecule has 0 aromatic heterocycles. The van der Waals surface area contributed by atoms with Crippen LogP contribution in [0.5, 0.6) is 11.5 Å². The first-order valence-electron chi connectivity index (χ1n) is 19.8. The van der Waals surface area contributed by atoms with Crippen molar-refractivity contribution in [3.63, 3.8) is 0 Å². The lowest BCUT2D eigenvalue weighted by Crippen LogP contribution is -2.12. The highest BCUT2D eigenvalue weighted by molar-refractivity contribution is 6.27. The summed E-state index contributed by atoms with van der Waals surface area (Å²) in [6.07, 6.45) is 9.20. The summed E-state index contributed by atoms with van der Waals surface area (Å²) in [6.45, 7) is 13.3. The number of carbonyl (C=O) groups excluding carboxylic acids is 2. The van der Waals surface area contributed by atoms with Gasteiger partial charge in [-0.15, -0.1) is 0 Å². The van der Waals surface area contributed by atoms with E-state index in [0.29, 0.717) is 24.7 Å². The number of rotatable bonds is 15. The van der Waals surface area contributed by atoms with Gasteiger partial charge in [0.1, 0.15) is 11.5 Å². The van der Waals surface area contributed by atoms with Crippen molar-refractivity contribution in [1.82, 2.24) is 0 Å². The largest absolute Gasteiger partial charge is 0.513 e. The summed E-state index contributed by atoms with van der Waals surface area (Å²) in [7, 11) is 0. The molecule has 0 saturated carbocycles. The van der Waals surface area contributed by atoms with Gasteiger partial charge in [0.25, 0.3) is 0 Å². The average Bonchev–Trinajstić information content (AvgIpc) is 3.15. The molecule has 0 aliphatic rings. The first kappa shape index (κ1) is 38.6. The number of ether oxygens (including phenoxy) is 4. The van der Waals surface area contributed by atoms with Crippen LogP contribution >= 0.6 is 0 Å². The smallest absolute Gasteiger partial charge is 0.434 e. The molecule has 0 radical (unpaired) electrons. The van der Waals surface area contributed by atoms with Crippen LogP contribution in [-0.2, 0) is 9.47 Å². The topological polar surface area (TPSA) is 71.1 Å². The zero-order valence-electron chi connectivity index (χ0n) is 32.9. The number of fused-ring (bicyclic) bond motifs is 4. The average molecular weight is 727 g/mol. The third kappa shape index (κ3) is 8.65. The molecule has 0 atom stereocenters. The highest BCUT2D eigenvalue weighted by atomic mass is 16.7. The van der Waals surface area contributed by atoms with Gasteiger partial charge < -0.3 is 18.9 Å². The Bertz CT molecular complexity index is 2140. The molecule has 6 heteroatoms. The van der Waals surface area contributed by atoms with Crippen LogP contribution in [0.1, 0.15) is 100 Å². The van der Waals surface area contributed by atoms with Gasteiger partial charge in [-0.2, -0.15) is 0 Å². The van der Waals surface area contributed by atoms with E-state index in [9.17, 15) is 9.59 Å². The quantitative estimate of drug-likeness (QED) is 0.0454. The molecule has 0 bridgehead atoms. The monoisotopic (exact) mass is 726 g/mol. The lowest BCUT2D eigenvalue weighted by atomic mass is 9.84. The second kappa shape index (κ2) is 17.8. The predicted octanol–water partition coefficient (Wildman–Crippen LogP) is 14.2. The highest BCUT2D eigenvalue weighted by Gasteiger charge is 2.25. The zero-order valence-corrected chi connectivity index (χ0v) is 32.9. The van der Waals surface area contributed by atoms with Gasteiger partial charge in [-0.05, 0) is 85.3 Å². The van der Waals surface area contributed by atoms with E-state index in [2.05, 4.69) is 88.4 Å². The molecule has 6 aromatic rings. The summed E-state index contributed by atoms with van der Waals surface area (Å²) in [5.41, 5.74) is 6.28. The van der Waals surface area contributed by atoms with E-state index in [1.807, 2.05) is 26.0 Å². The van der Waals surface area contributed by atoms with Gasteiger partial charge in [-0.3, -0.25) is 0 Å². The van der Waals surface area contributed by atoms with Crippen LogP contribution in [-0.4, -0.2) is 25.5 Å². The third-order valence-electron chi connectivity index (χ3n) is 10.3. The first-order valence-corrected chi connectivity index (χ1v) is 19.8. The predicted molar refractivity (Wildman–Crippen MR) is 222 cm³/mol. The molecule has 6 nitrogen and oxygen atoms in total. The maximum absolute atomic E-state index is 13.3. The Hall–Kier alpha value is -5.10. The molecule has 0 amide bonds. The summed E-state index contributed by atoms with van der Waals surface area (Å²) in [6, 6.07) is 25.1. The number of hydrogen-bond acceptors (Lipinski definition) is 6. The summed E-state index contributed by atoms with van der Waals surface area (Å²) < 4.78 is 23.5. The molecule has 0 fully saturated rings. The van der Waals surface area contributed by atoms with Crippen LogP contribution in [0.2, 0.25) is 0 Å². The summed E-state index contributed by atoms with van der Waals surface area (Å²) >= 11 is 0. The fourth-order valence-corrected chi connectivity index (χ4v) is 7.54. The molecule has 6 rings (SSSR count). The molecule has 282 valence electrons. The fourth-order valence-electron chi connectivity index (χ4n) is 7.54. The summed E-state index contributed by atoms with van der Waals surface area (Å²) in [5.74, 6) is 0.975. The Morgan fingerprint density at radius 1 is 0.407 bits per heavy atom. The molecule has 0 saturated heterocycles. The van der Waals surface area contributed by atoms with E-state index >= 15 is 0 Å². The SMILES string of the molecule is CCCCCCCOC(=O)Oc1c2cc(C)ccc2c(-c2c3ccc(C)cc3c(OC(=O)OCCCCCCC)c3ccc(C)cc23)c2cc(C)ccc12. The minimum absolute atomic E-state index is 0.326. The zero-order chi connectivity index (χ0) is 38.2. The highest BCUT2D eigenvalue weighted by Crippen LogP contribution is 2.50. The summed E-state index contributed by atoms with van der Waals surface area (Å²) in [4.78, 5) is 26.5. The molecule has 6 aromatic carbocycles. The molecular formula is C48H54O6. The van der Waals surface area contributed by atoms with E-state index in [-0.39, 0.29) is 0 Å². The molecule has 0 aliphatic heterocycles. The maximum Gasteiger partial charge on any atom is 0.513 e. The minimum Gasteiger partial charge on any atom is -0.434 e. The summed E-state index contributed by atoms with van der Waals surface area (Å²) in [5, 5.41) is 7.08. The molecule has 0 unspecified atom stereocenters. The standard InChI is InChI=1S/C48H54O6/c1-7-9-11-13-15-25-51-47(49)53-45-37-23-19-31(3)27-39(37)43(35-21-17-33(5)29-41(35)45)44-36-22-18-34(6)30-42(36)46(38-24-20-32(4)28-40(38)44)54-48(50)52-26-16-14-12-10-8-2/h17-24,27-30H,7-16,25-26H2,1-6H3. The van der Waals surface area contributed by atoms with Gasteiger partial charge in [0, 0.05) is 21.5 Å². The van der Waals surface area contributed by atoms with Gasteiger partial charge in [-0.1, -0.05) is 148 Å². The van der Waals surface area contributed by atoms with Crippen LogP contribution in [0.4, 0.5) is 9.59 Å². The number of unbranched alkanes of at least 4 members (excludes halogenated alkanes) is 8. The number of aryl methyl sites for hydroxylation is 4. The normalized spacial score (nSPS) is 11.4. The van der Waals surface area contributed by atoms with Crippen molar-refractivity contribution >= 4 is 55.4 Å². The Morgan fingerprint density at radius 2 is 0.741 bits per heavy atom. The van der Waals surface area contributed by atoms with Crippen molar-refractivity contribution in [3.05, 3.63) is 95.1 Å². The Morgan fingerprint density at radius 3 is 1.11 bits per heavy atom. The minimum atomic E-state index is -0.695. The molecule has 0 N–H and O–H groups in total. The van der Waals surface area contributed by atoms with Crippen molar-refractivity contribution < 1.29 is 28.5 Å². The van der Waals surface area contributed by atoms with Gasteiger partial charge >= 0.3 is 12.3 Å². The van der Waals surface area contributed by atoms with E-state index in [0.717, 1.165) is 128 Å². The van der Waals surface area contributed by atoms with E-state index in [1.165, 1.54) is 12.8 Å². The first-order chi connectivity index (χ1) is 26.2. The van der Waals surface area contributed by atoms with Crippen LogP contribution in [0, 0.1) is 27.7 Å². The molecular weight excluding hydrogens is 673 g/mol. The van der Waals surface area contributed by atoms with E-state index in [4.69, 9.17) is 18.9 Å².